The summed E-state index contributed by atoms with van der Waals surface area (Å²) >= 11 is 3.74. The summed E-state index contributed by atoms with van der Waals surface area (Å²) in [6, 6.07) is 4.14. The number of fused-ring (bicyclic) bond motifs is 2. The zero-order valence-corrected chi connectivity index (χ0v) is 23.4. The zero-order chi connectivity index (χ0) is 24.8. The Labute approximate surface area is 221 Å². The first kappa shape index (κ1) is 30.5. The second kappa shape index (κ2) is 21.4. The van der Waals surface area contributed by atoms with Crippen LogP contribution in [0.5, 0.6) is 5.75 Å². The molecule has 2 rings (SSSR count). The summed E-state index contributed by atoms with van der Waals surface area (Å²) in [7, 11) is 0. The van der Waals surface area contributed by atoms with Gasteiger partial charge in [0.15, 0.2) is 0 Å². The van der Waals surface area contributed by atoms with E-state index < -0.39 is 0 Å². The van der Waals surface area contributed by atoms with Crippen LogP contribution in [0, 0.1) is 0 Å². The lowest BCUT2D eigenvalue weighted by Gasteiger charge is -2.15. The van der Waals surface area contributed by atoms with Gasteiger partial charge in [0.25, 0.3) is 0 Å². The molecule has 2 bridgehead atoms. The second-order valence-corrected chi connectivity index (χ2v) is 9.82. The van der Waals surface area contributed by atoms with Gasteiger partial charge in [-0.15, -0.1) is 0 Å². The molecule has 0 unspecified atom stereocenters. The van der Waals surface area contributed by atoms with Gasteiger partial charge in [0.2, 0.25) is 0 Å². The molecular weight excluding hydrogens is 512 g/mol. The molecule has 0 aromatic heterocycles. The Balaban J connectivity index is 1.77. The summed E-state index contributed by atoms with van der Waals surface area (Å²) in [6.45, 7) is 8.39. The Bertz CT molecular complexity index is 605. The van der Waals surface area contributed by atoms with Gasteiger partial charge in [0.1, 0.15) is 5.75 Å². The minimum atomic E-state index is 0.492. The molecule has 202 valence electrons. The van der Waals surface area contributed by atoms with E-state index in [1.165, 1.54) is 57.8 Å². The van der Waals surface area contributed by atoms with Gasteiger partial charge in [-0.2, -0.15) is 0 Å². The molecule has 1 aromatic carbocycles. The maximum absolute atomic E-state index is 6.13. The first-order chi connectivity index (χ1) is 17.3. The lowest BCUT2D eigenvalue weighted by Crippen LogP contribution is -2.14. The standard InChI is InChI=1S/C28H47BrO6/c1-2-3-4-5-6-7-8-9-10-11-12-35-27-21-25-23-33-19-17-31-15-13-30-14-16-32-18-20-34-24-26(22-27)28(25)29/h21-22H,2-20,23-24H2,1H3. The molecule has 0 radical (unpaired) electrons. The minimum Gasteiger partial charge on any atom is -0.494 e. The first-order valence-electron chi connectivity index (χ1n) is 13.6. The highest BCUT2D eigenvalue weighted by molar-refractivity contribution is 9.10. The fourth-order valence-corrected chi connectivity index (χ4v) is 4.39. The molecule has 1 aliphatic heterocycles. The first-order valence-corrected chi connectivity index (χ1v) is 14.4. The van der Waals surface area contributed by atoms with Gasteiger partial charge in [0.05, 0.1) is 72.7 Å². The predicted octanol–water partition coefficient (Wildman–Crippen LogP) is 6.85. The zero-order valence-electron chi connectivity index (χ0n) is 21.8. The van der Waals surface area contributed by atoms with Crippen LogP contribution in [-0.4, -0.2) is 59.5 Å². The smallest absolute Gasteiger partial charge is 0.120 e. The van der Waals surface area contributed by atoms with Crippen molar-refractivity contribution in [3.05, 3.63) is 27.7 Å². The molecule has 0 amide bonds. The van der Waals surface area contributed by atoms with Crippen LogP contribution in [0.1, 0.15) is 82.3 Å². The molecule has 35 heavy (non-hydrogen) atoms. The molecule has 0 N–H and O–H groups in total. The highest BCUT2D eigenvalue weighted by atomic mass is 79.9. The van der Waals surface area contributed by atoms with Crippen molar-refractivity contribution in [3.8, 4) is 5.75 Å². The van der Waals surface area contributed by atoms with E-state index in [1.54, 1.807) is 0 Å². The lowest BCUT2D eigenvalue weighted by atomic mass is 10.1. The number of benzene rings is 1. The van der Waals surface area contributed by atoms with Crippen molar-refractivity contribution in [2.75, 3.05) is 59.5 Å². The predicted molar refractivity (Wildman–Crippen MR) is 143 cm³/mol. The van der Waals surface area contributed by atoms with Gasteiger partial charge in [-0.3, -0.25) is 0 Å². The van der Waals surface area contributed by atoms with Crippen molar-refractivity contribution in [1.29, 1.82) is 0 Å². The molecule has 7 heteroatoms. The third kappa shape index (κ3) is 15.2. The minimum absolute atomic E-state index is 0.492. The maximum Gasteiger partial charge on any atom is 0.120 e. The Hall–Kier alpha value is -0.700. The number of hydrogen-bond acceptors (Lipinski definition) is 6. The van der Waals surface area contributed by atoms with E-state index in [9.17, 15) is 0 Å². The summed E-state index contributed by atoms with van der Waals surface area (Å²) in [5.74, 6) is 0.875. The molecule has 6 nitrogen and oxygen atoms in total. The summed E-state index contributed by atoms with van der Waals surface area (Å²) in [4.78, 5) is 0. The monoisotopic (exact) mass is 558 g/mol. The third-order valence-electron chi connectivity index (χ3n) is 5.97. The Kier molecular flexibility index (Phi) is 18.7. The summed E-state index contributed by atoms with van der Waals surface area (Å²) in [5, 5.41) is 0. The average molecular weight is 560 g/mol. The largest absolute Gasteiger partial charge is 0.494 e. The molecule has 0 fully saturated rings. The van der Waals surface area contributed by atoms with Crippen molar-refractivity contribution in [1.82, 2.24) is 0 Å². The van der Waals surface area contributed by atoms with E-state index in [4.69, 9.17) is 28.4 Å². The number of unbranched alkanes of at least 4 members (excludes halogenated alkanes) is 9. The van der Waals surface area contributed by atoms with E-state index >= 15 is 0 Å². The molecule has 0 saturated heterocycles. The van der Waals surface area contributed by atoms with E-state index in [0.29, 0.717) is 66.1 Å². The summed E-state index contributed by atoms with van der Waals surface area (Å²) < 4.78 is 35.4. The number of hydrogen-bond donors (Lipinski definition) is 0. The van der Waals surface area contributed by atoms with Crippen molar-refractivity contribution in [2.24, 2.45) is 0 Å². The maximum atomic E-state index is 6.13. The van der Waals surface area contributed by atoms with E-state index in [0.717, 1.165) is 34.4 Å². The highest BCUT2D eigenvalue weighted by Gasteiger charge is 2.11. The fourth-order valence-electron chi connectivity index (χ4n) is 3.93. The van der Waals surface area contributed by atoms with Gasteiger partial charge in [-0.05, 0) is 29.7 Å². The number of rotatable bonds is 12. The van der Waals surface area contributed by atoms with Crippen LogP contribution in [0.15, 0.2) is 16.6 Å². The van der Waals surface area contributed by atoms with Crippen LogP contribution >= 0.6 is 15.9 Å². The Morgan fingerprint density at radius 3 is 1.46 bits per heavy atom. The third-order valence-corrected chi connectivity index (χ3v) is 6.99. The number of ether oxygens (including phenoxy) is 6. The van der Waals surface area contributed by atoms with E-state index in [-0.39, 0.29) is 0 Å². The van der Waals surface area contributed by atoms with Gasteiger partial charge < -0.3 is 28.4 Å². The van der Waals surface area contributed by atoms with Crippen LogP contribution in [0.3, 0.4) is 0 Å². The van der Waals surface area contributed by atoms with Crippen LogP contribution in [0.25, 0.3) is 0 Å². The van der Waals surface area contributed by atoms with Gasteiger partial charge in [-0.1, -0.05) is 80.6 Å². The van der Waals surface area contributed by atoms with Crippen LogP contribution in [-0.2, 0) is 36.9 Å². The van der Waals surface area contributed by atoms with Gasteiger partial charge in [-0.25, -0.2) is 0 Å². The van der Waals surface area contributed by atoms with E-state index in [2.05, 4.69) is 35.0 Å². The van der Waals surface area contributed by atoms with Crippen LogP contribution < -0.4 is 4.74 Å². The fraction of sp³-hybridized carbons (Fsp3) is 0.786. The normalized spacial score (nSPS) is 17.0. The molecular formula is C28H47BrO6. The van der Waals surface area contributed by atoms with Crippen molar-refractivity contribution in [2.45, 2.75) is 84.3 Å². The molecule has 0 aliphatic carbocycles. The second-order valence-electron chi connectivity index (χ2n) is 9.03. The average Bonchev–Trinajstić information content (AvgIpc) is 2.86. The van der Waals surface area contributed by atoms with Gasteiger partial charge >= 0.3 is 0 Å². The molecule has 1 aromatic rings. The highest BCUT2D eigenvalue weighted by Crippen LogP contribution is 2.29. The molecule has 1 heterocycles. The Morgan fingerprint density at radius 2 is 1.00 bits per heavy atom. The van der Waals surface area contributed by atoms with E-state index in [1.807, 2.05) is 0 Å². The van der Waals surface area contributed by atoms with Crippen molar-refractivity contribution >= 4 is 15.9 Å². The van der Waals surface area contributed by atoms with Crippen molar-refractivity contribution in [3.63, 3.8) is 0 Å². The van der Waals surface area contributed by atoms with Crippen LogP contribution in [0.4, 0.5) is 0 Å². The molecule has 0 atom stereocenters. The Morgan fingerprint density at radius 1 is 0.600 bits per heavy atom. The topological polar surface area (TPSA) is 55.4 Å². The molecule has 0 saturated carbocycles. The number of halogens is 1. The molecule has 0 spiro atoms. The summed E-state index contributed by atoms with van der Waals surface area (Å²) in [5.41, 5.74) is 2.12. The SMILES string of the molecule is CCCCCCCCCCCCOc1cc2c(Br)c(c1)COCCOCCOCCOCCOC2. The lowest BCUT2D eigenvalue weighted by molar-refractivity contribution is -0.0145. The quantitative estimate of drug-likeness (QED) is 0.261. The van der Waals surface area contributed by atoms with Crippen molar-refractivity contribution < 1.29 is 28.4 Å². The summed E-state index contributed by atoms with van der Waals surface area (Å²) in [6.07, 6.45) is 13.2. The molecule has 1 aliphatic rings. The van der Waals surface area contributed by atoms with Crippen LogP contribution in [0.2, 0.25) is 0 Å². The van der Waals surface area contributed by atoms with Gasteiger partial charge in [0, 0.05) is 4.47 Å².